The minimum Gasteiger partial charge on any atom is -0.382 e. The maximum Gasteiger partial charge on any atom is 0.284 e. The van der Waals surface area contributed by atoms with Crippen LogP contribution in [0.4, 0.5) is 8.78 Å². The van der Waals surface area contributed by atoms with Gasteiger partial charge in [-0.15, -0.1) is 0 Å². The number of hydrogen-bond acceptors (Lipinski definition) is 1. The molecule has 1 nitrogen and oxygen atoms in total. The molecule has 24 heavy (non-hydrogen) atoms. The van der Waals surface area contributed by atoms with Gasteiger partial charge in [0, 0.05) is 5.02 Å². The Labute approximate surface area is 145 Å². The molecule has 1 aliphatic rings. The van der Waals surface area contributed by atoms with Crippen molar-refractivity contribution in [3.05, 3.63) is 76.8 Å². The summed E-state index contributed by atoms with van der Waals surface area (Å²) in [5, 5.41) is 10.8. The third-order valence-electron chi connectivity index (χ3n) is 4.56. The average Bonchev–Trinajstić information content (AvgIpc) is 2.62. The van der Waals surface area contributed by atoms with E-state index in [1.54, 1.807) is 0 Å². The molecule has 0 saturated carbocycles. The number of halogens is 3. The van der Waals surface area contributed by atoms with Crippen molar-refractivity contribution in [3.63, 3.8) is 0 Å². The Morgan fingerprint density at radius 3 is 2.38 bits per heavy atom. The number of allylic oxidation sites excluding steroid dienone is 2. The van der Waals surface area contributed by atoms with Gasteiger partial charge in [0.2, 0.25) is 0 Å². The zero-order valence-corrected chi connectivity index (χ0v) is 13.9. The minimum absolute atomic E-state index is 0.183. The molecular formula is C20H19ClF2O. The Hall–Kier alpha value is -1.71. The summed E-state index contributed by atoms with van der Waals surface area (Å²) in [6.07, 6.45) is 1.87. The van der Waals surface area contributed by atoms with Crippen molar-refractivity contribution in [1.82, 2.24) is 0 Å². The van der Waals surface area contributed by atoms with Crippen LogP contribution in [-0.2, 0) is 0 Å². The molecule has 0 aliphatic heterocycles. The predicted molar refractivity (Wildman–Crippen MR) is 93.1 cm³/mol. The first-order valence-corrected chi connectivity index (χ1v) is 8.45. The Morgan fingerprint density at radius 2 is 1.71 bits per heavy atom. The van der Waals surface area contributed by atoms with Gasteiger partial charge in [-0.25, -0.2) is 8.78 Å². The van der Waals surface area contributed by atoms with E-state index >= 15 is 8.78 Å². The van der Waals surface area contributed by atoms with Crippen LogP contribution >= 0.6 is 11.6 Å². The maximum atomic E-state index is 15.1. The van der Waals surface area contributed by atoms with Crippen LogP contribution in [0.2, 0.25) is 5.02 Å². The molecule has 0 saturated heterocycles. The monoisotopic (exact) mass is 348 g/mol. The Balaban J connectivity index is 1.93. The smallest absolute Gasteiger partial charge is 0.284 e. The minimum atomic E-state index is -3.25. The summed E-state index contributed by atoms with van der Waals surface area (Å²) in [7, 11) is 0. The molecule has 126 valence electrons. The van der Waals surface area contributed by atoms with Crippen LogP contribution in [0.15, 0.2) is 60.7 Å². The van der Waals surface area contributed by atoms with Gasteiger partial charge in [0.15, 0.2) is 0 Å². The molecule has 4 heteroatoms. The molecule has 0 fully saturated rings. The Bertz CT molecular complexity index is 710. The first-order valence-electron chi connectivity index (χ1n) is 8.07. The lowest BCUT2D eigenvalue weighted by molar-refractivity contribution is -0.138. The van der Waals surface area contributed by atoms with Gasteiger partial charge in [-0.05, 0) is 48.1 Å². The molecule has 0 spiro atoms. The predicted octanol–water partition coefficient (Wildman–Crippen LogP) is 5.89. The van der Waals surface area contributed by atoms with Crippen molar-refractivity contribution < 1.29 is 13.9 Å². The van der Waals surface area contributed by atoms with E-state index in [2.05, 4.69) is 0 Å². The summed E-state index contributed by atoms with van der Waals surface area (Å²) in [5.41, 5.74) is 1.60. The molecule has 3 rings (SSSR count). The second-order valence-electron chi connectivity index (χ2n) is 6.14. The number of aliphatic hydroxyl groups excluding tert-OH is 1. The van der Waals surface area contributed by atoms with Crippen molar-refractivity contribution in [3.8, 4) is 0 Å². The second kappa shape index (κ2) is 7.04. The lowest BCUT2D eigenvalue weighted by Crippen LogP contribution is -2.37. The zero-order chi connectivity index (χ0) is 17.2. The summed E-state index contributed by atoms with van der Waals surface area (Å²) >= 11 is 5.80. The van der Waals surface area contributed by atoms with E-state index in [1.165, 1.54) is 24.3 Å². The number of aliphatic hydroxyl groups is 1. The Kier molecular flexibility index (Phi) is 5.02. The highest BCUT2D eigenvalue weighted by Gasteiger charge is 2.49. The molecule has 0 heterocycles. The molecule has 2 atom stereocenters. The maximum absolute atomic E-state index is 15.1. The van der Waals surface area contributed by atoms with Gasteiger partial charge in [0.05, 0.1) is 5.92 Å². The summed E-state index contributed by atoms with van der Waals surface area (Å²) in [5.74, 6) is -4.25. The van der Waals surface area contributed by atoms with Crippen molar-refractivity contribution >= 4 is 17.2 Å². The van der Waals surface area contributed by atoms with Crippen molar-refractivity contribution in [2.75, 3.05) is 0 Å². The molecular weight excluding hydrogens is 330 g/mol. The standard InChI is InChI=1S/C20H19ClF2O/c21-16-12-10-15(11-13-16)19(24)20(22,23)18-9-5-4-8-17(18)14-6-2-1-3-7-14/h1-3,6-8,10-13,18-19,24H,4-5,9H2. The number of hydrogen-bond donors (Lipinski definition) is 1. The van der Waals surface area contributed by atoms with Crippen molar-refractivity contribution in [2.24, 2.45) is 5.92 Å². The summed E-state index contributed by atoms with van der Waals surface area (Å²) in [4.78, 5) is 0. The van der Waals surface area contributed by atoms with Crippen LogP contribution in [0.3, 0.4) is 0 Å². The molecule has 2 aromatic carbocycles. The van der Waals surface area contributed by atoms with Crippen LogP contribution < -0.4 is 0 Å². The highest BCUT2D eigenvalue weighted by Crippen LogP contribution is 2.48. The van der Waals surface area contributed by atoms with Crippen LogP contribution in [-0.4, -0.2) is 11.0 Å². The third kappa shape index (κ3) is 3.38. The first-order chi connectivity index (χ1) is 11.5. The van der Waals surface area contributed by atoms with Gasteiger partial charge in [-0.2, -0.15) is 0 Å². The van der Waals surface area contributed by atoms with Crippen molar-refractivity contribution in [2.45, 2.75) is 31.3 Å². The van der Waals surface area contributed by atoms with Crippen LogP contribution in [0.5, 0.6) is 0 Å². The van der Waals surface area contributed by atoms with E-state index in [0.29, 0.717) is 23.4 Å². The largest absolute Gasteiger partial charge is 0.382 e. The van der Waals surface area contributed by atoms with Gasteiger partial charge in [-0.1, -0.05) is 60.1 Å². The van der Waals surface area contributed by atoms with E-state index < -0.39 is 17.9 Å². The topological polar surface area (TPSA) is 20.2 Å². The van der Waals surface area contributed by atoms with Crippen LogP contribution in [0.25, 0.3) is 5.57 Å². The van der Waals surface area contributed by atoms with Crippen molar-refractivity contribution in [1.29, 1.82) is 0 Å². The summed E-state index contributed by atoms with van der Waals surface area (Å²) < 4.78 is 30.2. The number of alkyl halides is 2. The second-order valence-corrected chi connectivity index (χ2v) is 6.57. The number of benzene rings is 2. The van der Waals surface area contributed by atoms with E-state index in [-0.39, 0.29) is 5.56 Å². The quantitative estimate of drug-likeness (QED) is 0.730. The molecule has 2 aromatic rings. The molecule has 0 bridgehead atoms. The van der Waals surface area contributed by atoms with Crippen LogP contribution in [0, 0.1) is 5.92 Å². The van der Waals surface area contributed by atoms with Gasteiger partial charge in [0.25, 0.3) is 5.92 Å². The molecule has 0 amide bonds. The van der Waals surface area contributed by atoms with Gasteiger partial charge in [-0.3, -0.25) is 0 Å². The van der Waals surface area contributed by atoms with E-state index in [0.717, 1.165) is 12.0 Å². The van der Waals surface area contributed by atoms with E-state index in [4.69, 9.17) is 11.6 Å². The van der Waals surface area contributed by atoms with Gasteiger partial charge < -0.3 is 5.11 Å². The fourth-order valence-electron chi connectivity index (χ4n) is 3.28. The molecule has 0 aromatic heterocycles. The van der Waals surface area contributed by atoms with Gasteiger partial charge >= 0.3 is 0 Å². The molecule has 0 radical (unpaired) electrons. The Morgan fingerprint density at radius 1 is 1.04 bits per heavy atom. The fraction of sp³-hybridized carbons (Fsp3) is 0.300. The highest BCUT2D eigenvalue weighted by atomic mass is 35.5. The third-order valence-corrected chi connectivity index (χ3v) is 4.81. The number of rotatable bonds is 4. The molecule has 1 aliphatic carbocycles. The lowest BCUT2D eigenvalue weighted by atomic mass is 9.77. The molecule has 1 N–H and O–H groups in total. The van der Waals surface area contributed by atoms with E-state index in [9.17, 15) is 5.11 Å². The zero-order valence-electron chi connectivity index (χ0n) is 13.1. The molecule has 2 unspecified atom stereocenters. The SMILES string of the molecule is OC(c1ccc(Cl)cc1)C(F)(F)C1CCCC=C1c1ccccc1. The van der Waals surface area contributed by atoms with Gasteiger partial charge in [0.1, 0.15) is 6.10 Å². The highest BCUT2D eigenvalue weighted by molar-refractivity contribution is 6.30. The van der Waals surface area contributed by atoms with Crippen LogP contribution in [0.1, 0.15) is 36.5 Å². The summed E-state index contributed by atoms with van der Waals surface area (Å²) in [6.45, 7) is 0. The lowest BCUT2D eigenvalue weighted by Gasteiger charge is -2.35. The average molecular weight is 349 g/mol. The first kappa shape index (κ1) is 17.1. The van der Waals surface area contributed by atoms with E-state index in [1.807, 2.05) is 36.4 Å². The normalized spacial score (nSPS) is 19.7. The fourth-order valence-corrected chi connectivity index (χ4v) is 3.41. The summed E-state index contributed by atoms with van der Waals surface area (Å²) in [6, 6.07) is 15.2.